The van der Waals surface area contributed by atoms with Crippen LogP contribution in [-0.4, -0.2) is 41.3 Å². The van der Waals surface area contributed by atoms with Gasteiger partial charge in [0.15, 0.2) is 17.3 Å². The Morgan fingerprint density at radius 1 is 1.09 bits per heavy atom. The lowest BCUT2D eigenvalue weighted by Gasteiger charge is -2.34. The van der Waals surface area contributed by atoms with E-state index in [1.165, 1.54) is 12.4 Å². The van der Waals surface area contributed by atoms with E-state index < -0.39 is 18.1 Å². The Bertz CT molecular complexity index is 1720. The van der Waals surface area contributed by atoms with E-state index in [-0.39, 0.29) is 17.3 Å². The second kappa shape index (κ2) is 11.1. The highest BCUT2D eigenvalue weighted by atomic mass is 35.5. The van der Waals surface area contributed by atoms with Gasteiger partial charge in [0.25, 0.3) is 5.91 Å². The van der Waals surface area contributed by atoms with E-state index in [1.807, 2.05) is 41.9 Å². The minimum absolute atomic E-state index is 0.144. The van der Waals surface area contributed by atoms with Crippen LogP contribution in [0.4, 0.5) is 8.78 Å². The average Bonchev–Trinajstić information content (AvgIpc) is 3.39. The van der Waals surface area contributed by atoms with E-state index in [1.54, 1.807) is 23.4 Å². The number of carbonyl (C=O) groups excluding carboxylic acids is 1. The van der Waals surface area contributed by atoms with Gasteiger partial charge in [-0.25, -0.2) is 19.3 Å². The standard InChI is InChI=1S/C32H35ClF2N8O/c1-5-26(20-8-13-25(33)24(14-20)27-37-18-39-43(27)23-11-12-23)42-28(44)32(40-30(42)36,17-31(2,3)4)22-9-6-19(7-10-22)21-15-38-41(16-21)29(34)35/h6-10,13-16,18,23,26,29H,5,11-12,17H2,1-4H3,(H2,36,40)/t26-,32-/m1/s1. The number of guanidine groups is 1. The highest BCUT2D eigenvalue weighted by molar-refractivity contribution is 6.33. The van der Waals surface area contributed by atoms with Crippen molar-refractivity contribution in [2.24, 2.45) is 16.1 Å². The molecule has 6 rings (SSSR count). The van der Waals surface area contributed by atoms with Crippen molar-refractivity contribution in [3.63, 3.8) is 0 Å². The van der Waals surface area contributed by atoms with Gasteiger partial charge < -0.3 is 5.73 Å². The van der Waals surface area contributed by atoms with Crippen LogP contribution < -0.4 is 5.73 Å². The van der Waals surface area contributed by atoms with Gasteiger partial charge in [-0.2, -0.15) is 19.0 Å². The van der Waals surface area contributed by atoms with Crippen molar-refractivity contribution >= 4 is 23.5 Å². The van der Waals surface area contributed by atoms with Gasteiger partial charge in [-0.05, 0) is 59.9 Å². The summed E-state index contributed by atoms with van der Waals surface area (Å²) in [5, 5.41) is 8.71. The lowest BCUT2D eigenvalue weighted by atomic mass is 9.75. The average molecular weight is 621 g/mol. The smallest absolute Gasteiger partial charge is 0.333 e. The fraction of sp³-hybridized carbons (Fsp3) is 0.406. The number of halogens is 3. The second-order valence-corrected chi connectivity index (χ2v) is 13.1. The molecule has 44 heavy (non-hydrogen) atoms. The molecule has 2 aromatic carbocycles. The molecule has 0 radical (unpaired) electrons. The van der Waals surface area contributed by atoms with Gasteiger partial charge >= 0.3 is 6.55 Å². The monoisotopic (exact) mass is 620 g/mol. The molecule has 1 fully saturated rings. The van der Waals surface area contributed by atoms with E-state index >= 15 is 0 Å². The number of nitrogens with zero attached hydrogens (tertiary/aromatic N) is 7. The maximum absolute atomic E-state index is 14.6. The van der Waals surface area contributed by atoms with E-state index in [4.69, 9.17) is 22.3 Å². The number of benzene rings is 2. The number of aromatic nitrogens is 5. The van der Waals surface area contributed by atoms with Crippen LogP contribution in [-0.2, 0) is 10.3 Å². The number of hydrogen-bond acceptors (Lipinski definition) is 6. The van der Waals surface area contributed by atoms with Crippen LogP contribution in [0.3, 0.4) is 0 Å². The maximum atomic E-state index is 14.6. The summed E-state index contributed by atoms with van der Waals surface area (Å²) < 4.78 is 28.7. The Morgan fingerprint density at radius 3 is 2.43 bits per heavy atom. The summed E-state index contributed by atoms with van der Waals surface area (Å²) in [5.41, 5.74) is 8.62. The number of nitrogens with two attached hydrogens (primary N) is 1. The van der Waals surface area contributed by atoms with Crippen molar-refractivity contribution < 1.29 is 13.6 Å². The number of rotatable bonds is 9. The Kier molecular flexibility index (Phi) is 7.55. The predicted octanol–water partition coefficient (Wildman–Crippen LogP) is 7.13. The lowest BCUT2D eigenvalue weighted by Crippen LogP contribution is -2.46. The van der Waals surface area contributed by atoms with Gasteiger partial charge in [0.05, 0.1) is 23.3 Å². The first kappa shape index (κ1) is 29.9. The van der Waals surface area contributed by atoms with Crippen molar-refractivity contribution in [1.29, 1.82) is 0 Å². The second-order valence-electron chi connectivity index (χ2n) is 12.7. The van der Waals surface area contributed by atoms with Crippen molar-refractivity contribution in [2.75, 3.05) is 0 Å². The number of amides is 1. The molecule has 2 atom stereocenters. The molecule has 1 aliphatic carbocycles. The quantitative estimate of drug-likeness (QED) is 0.214. The summed E-state index contributed by atoms with van der Waals surface area (Å²) >= 11 is 6.67. The summed E-state index contributed by atoms with van der Waals surface area (Å²) in [6, 6.07) is 12.9. The van der Waals surface area contributed by atoms with Crippen molar-refractivity contribution in [3.8, 4) is 22.5 Å². The zero-order valence-electron chi connectivity index (χ0n) is 25.1. The van der Waals surface area contributed by atoms with Crippen LogP contribution in [0, 0.1) is 5.41 Å². The Morgan fingerprint density at radius 2 is 1.82 bits per heavy atom. The van der Waals surface area contributed by atoms with Crippen LogP contribution >= 0.6 is 11.6 Å². The number of aliphatic imine (C=N–C) groups is 1. The summed E-state index contributed by atoms with van der Waals surface area (Å²) in [5.74, 6) is 0.628. The zero-order chi connectivity index (χ0) is 31.4. The molecule has 3 heterocycles. The molecular weight excluding hydrogens is 586 g/mol. The summed E-state index contributed by atoms with van der Waals surface area (Å²) in [7, 11) is 0. The Balaban J connectivity index is 1.37. The summed E-state index contributed by atoms with van der Waals surface area (Å²) in [6.07, 6.45) is 7.32. The molecule has 0 saturated heterocycles. The summed E-state index contributed by atoms with van der Waals surface area (Å²) in [4.78, 5) is 25.6. The predicted molar refractivity (Wildman–Crippen MR) is 165 cm³/mol. The molecule has 1 amide bonds. The van der Waals surface area contributed by atoms with Crippen LogP contribution in [0.25, 0.3) is 22.5 Å². The molecule has 4 aromatic rings. The highest BCUT2D eigenvalue weighted by Crippen LogP contribution is 2.46. The minimum atomic E-state index is -2.72. The van der Waals surface area contributed by atoms with Crippen molar-refractivity contribution in [2.45, 2.75) is 77.6 Å². The van der Waals surface area contributed by atoms with Crippen LogP contribution in [0.1, 0.15) is 83.1 Å². The maximum Gasteiger partial charge on any atom is 0.333 e. The Labute approximate surface area is 259 Å². The van der Waals surface area contributed by atoms with Crippen LogP contribution in [0.15, 0.2) is 66.2 Å². The first-order chi connectivity index (χ1) is 20.9. The molecule has 1 aliphatic heterocycles. The van der Waals surface area contributed by atoms with E-state index in [0.717, 1.165) is 24.0 Å². The third-order valence-electron chi connectivity index (χ3n) is 8.19. The molecule has 12 heteroatoms. The number of hydrogen-bond donors (Lipinski definition) is 1. The fourth-order valence-corrected chi connectivity index (χ4v) is 6.33. The molecule has 0 unspecified atom stereocenters. The molecule has 2 aromatic heterocycles. The minimum Gasteiger partial charge on any atom is -0.369 e. The third kappa shape index (κ3) is 5.38. The molecular formula is C32H35ClF2N8O. The van der Waals surface area contributed by atoms with Crippen molar-refractivity contribution in [3.05, 3.63) is 77.3 Å². The van der Waals surface area contributed by atoms with E-state index in [0.29, 0.717) is 51.1 Å². The molecule has 2 aliphatic rings. The Hall–Kier alpha value is -4.12. The normalized spacial score (nSPS) is 19.6. The molecule has 0 bridgehead atoms. The van der Waals surface area contributed by atoms with Gasteiger partial charge in [-0.1, -0.05) is 69.6 Å². The lowest BCUT2D eigenvalue weighted by molar-refractivity contribution is -0.134. The number of carbonyl (C=O) groups is 1. The topological polar surface area (TPSA) is 107 Å². The highest BCUT2D eigenvalue weighted by Gasteiger charge is 2.52. The first-order valence-corrected chi connectivity index (χ1v) is 15.1. The molecule has 230 valence electrons. The summed E-state index contributed by atoms with van der Waals surface area (Å²) in [6.45, 7) is 5.45. The van der Waals surface area contributed by atoms with E-state index in [2.05, 4.69) is 36.0 Å². The molecule has 1 saturated carbocycles. The molecule has 2 N–H and O–H groups in total. The van der Waals surface area contributed by atoms with Crippen molar-refractivity contribution in [1.82, 2.24) is 29.4 Å². The van der Waals surface area contributed by atoms with Gasteiger partial charge in [-0.15, -0.1) is 0 Å². The third-order valence-corrected chi connectivity index (χ3v) is 8.52. The SMILES string of the molecule is CC[C@H](c1ccc(Cl)c(-c2ncnn2C2CC2)c1)N1C(=O)[C@@](CC(C)(C)C)(c2ccc(-c3cnn(C(F)F)c3)cc2)N=C1N. The van der Waals surface area contributed by atoms with Gasteiger partial charge in [0, 0.05) is 17.3 Å². The van der Waals surface area contributed by atoms with Crippen LogP contribution in [0.5, 0.6) is 0 Å². The molecule has 0 spiro atoms. The zero-order valence-corrected chi connectivity index (χ0v) is 25.8. The van der Waals surface area contributed by atoms with Gasteiger partial charge in [0.1, 0.15) is 6.33 Å². The van der Waals surface area contributed by atoms with Gasteiger partial charge in [-0.3, -0.25) is 9.69 Å². The van der Waals surface area contributed by atoms with Gasteiger partial charge in [0.2, 0.25) is 0 Å². The van der Waals surface area contributed by atoms with E-state index in [9.17, 15) is 13.6 Å². The largest absolute Gasteiger partial charge is 0.369 e. The molecule has 9 nitrogen and oxygen atoms in total. The fourth-order valence-electron chi connectivity index (χ4n) is 6.12. The first-order valence-electron chi connectivity index (χ1n) is 14.7. The number of alkyl halides is 2. The van der Waals surface area contributed by atoms with Crippen LogP contribution in [0.2, 0.25) is 5.02 Å².